The Bertz CT molecular complexity index is 1390. The van der Waals surface area contributed by atoms with Gasteiger partial charge < -0.3 is 9.64 Å². The third-order valence-electron chi connectivity index (χ3n) is 6.30. The van der Waals surface area contributed by atoms with Crippen molar-refractivity contribution in [1.29, 1.82) is 5.26 Å². The van der Waals surface area contributed by atoms with Crippen LogP contribution in [0.3, 0.4) is 0 Å². The van der Waals surface area contributed by atoms with E-state index in [4.69, 9.17) is 4.74 Å². The van der Waals surface area contributed by atoms with Crippen molar-refractivity contribution in [2.24, 2.45) is 4.99 Å². The van der Waals surface area contributed by atoms with Gasteiger partial charge in [-0.15, -0.1) is 0 Å². The first-order valence-electron chi connectivity index (χ1n) is 12.3. The van der Waals surface area contributed by atoms with Gasteiger partial charge in [-0.05, 0) is 68.0 Å². The molecule has 1 heterocycles. The van der Waals surface area contributed by atoms with Crippen LogP contribution in [-0.2, 0) is 11.0 Å². The Kier molecular flexibility index (Phi) is 8.13. The Morgan fingerprint density at radius 3 is 2.50 bits per heavy atom. The van der Waals surface area contributed by atoms with Crippen molar-refractivity contribution in [1.82, 2.24) is 4.90 Å². The summed E-state index contributed by atoms with van der Waals surface area (Å²) >= 11 is 0. The van der Waals surface area contributed by atoms with Gasteiger partial charge in [0.25, 0.3) is 5.91 Å². The molecule has 0 aliphatic carbocycles. The predicted octanol–water partition coefficient (Wildman–Crippen LogP) is 6.49. The van der Waals surface area contributed by atoms with E-state index in [1.54, 1.807) is 42.5 Å². The van der Waals surface area contributed by atoms with Crippen molar-refractivity contribution in [3.63, 3.8) is 0 Å². The van der Waals surface area contributed by atoms with E-state index in [1.165, 1.54) is 17.0 Å². The molecule has 3 aromatic carbocycles. The number of nitriles is 1. The second kappa shape index (κ2) is 11.5. The number of fused-ring (bicyclic) bond motifs is 1. The molecule has 0 spiro atoms. The lowest BCUT2D eigenvalue weighted by Gasteiger charge is -2.19. The Morgan fingerprint density at radius 1 is 1.03 bits per heavy atom. The zero-order valence-electron chi connectivity index (χ0n) is 21.1. The molecule has 1 amide bonds. The van der Waals surface area contributed by atoms with Crippen LogP contribution in [0.1, 0.15) is 37.0 Å². The minimum absolute atomic E-state index is 0.00520. The summed E-state index contributed by atoms with van der Waals surface area (Å²) in [7, 11) is 0. The van der Waals surface area contributed by atoms with E-state index in [0.29, 0.717) is 34.9 Å². The van der Waals surface area contributed by atoms with E-state index in [9.17, 15) is 23.2 Å². The number of hydrogen-bond acceptors (Lipinski definition) is 5. The van der Waals surface area contributed by atoms with Crippen LogP contribution in [0.15, 0.2) is 71.7 Å². The molecule has 0 saturated heterocycles. The highest BCUT2D eigenvalue weighted by Gasteiger charge is 2.36. The maximum Gasteiger partial charge on any atom is 0.416 e. The summed E-state index contributed by atoms with van der Waals surface area (Å²) in [5.41, 5.74) is 0.843. The van der Waals surface area contributed by atoms with Crippen molar-refractivity contribution >= 4 is 28.7 Å². The van der Waals surface area contributed by atoms with Crippen LogP contribution in [-0.4, -0.2) is 42.8 Å². The van der Waals surface area contributed by atoms with Crippen molar-refractivity contribution < 1.29 is 22.7 Å². The number of halogens is 3. The van der Waals surface area contributed by atoms with Gasteiger partial charge in [-0.2, -0.15) is 18.4 Å². The molecule has 0 atom stereocenters. The fourth-order valence-corrected chi connectivity index (χ4v) is 4.29. The van der Waals surface area contributed by atoms with Gasteiger partial charge in [0.05, 0.1) is 40.9 Å². The lowest BCUT2D eigenvalue weighted by molar-refractivity contribution is -0.137. The first kappa shape index (κ1) is 26.9. The molecule has 9 heteroatoms. The Balaban J connectivity index is 1.65. The molecule has 0 aromatic heterocycles. The highest BCUT2D eigenvalue weighted by Crippen LogP contribution is 2.39. The summed E-state index contributed by atoms with van der Waals surface area (Å²) in [6.07, 6.45) is -3.69. The van der Waals surface area contributed by atoms with Crippen molar-refractivity contribution in [2.45, 2.75) is 26.4 Å². The van der Waals surface area contributed by atoms with Gasteiger partial charge in [0.15, 0.2) is 0 Å². The maximum absolute atomic E-state index is 13.6. The van der Waals surface area contributed by atoms with Crippen LogP contribution >= 0.6 is 0 Å². The molecule has 0 N–H and O–H groups in total. The van der Waals surface area contributed by atoms with Crippen LogP contribution in [0.5, 0.6) is 5.75 Å². The quantitative estimate of drug-likeness (QED) is 0.303. The summed E-state index contributed by atoms with van der Waals surface area (Å²) in [6, 6.07) is 18.3. The topological polar surface area (TPSA) is 68.9 Å². The Labute approximate surface area is 219 Å². The molecule has 0 bridgehead atoms. The summed E-state index contributed by atoms with van der Waals surface area (Å²) in [5, 5.41) is 9.43. The standard InChI is InChI=1S/C29H27F3N4O2/c1-3-35(4-2)14-7-15-38-24-11-6-10-23(18-24)36-26-16-20(19-33)12-13-25(26)27(28(36)37)34-22-9-5-8-21(17-22)29(30,31)32/h5-6,8-13,16-18H,3-4,7,14-15H2,1-2H3. The fourth-order valence-electron chi connectivity index (χ4n) is 4.29. The lowest BCUT2D eigenvalue weighted by Crippen LogP contribution is -2.25. The fraction of sp³-hybridized carbons (Fsp3) is 0.276. The Hall–Kier alpha value is -4.16. The molecule has 0 unspecified atom stereocenters. The minimum Gasteiger partial charge on any atom is -0.493 e. The molecule has 3 aromatic rings. The molecule has 1 aliphatic rings. The highest BCUT2D eigenvalue weighted by atomic mass is 19.4. The summed E-state index contributed by atoms with van der Waals surface area (Å²) in [5.74, 6) is 0.0716. The van der Waals surface area contributed by atoms with Crippen LogP contribution in [0.2, 0.25) is 0 Å². The average Bonchev–Trinajstić information content (AvgIpc) is 3.18. The predicted molar refractivity (Wildman–Crippen MR) is 140 cm³/mol. The normalized spacial score (nSPS) is 14.2. The second-order valence-electron chi connectivity index (χ2n) is 8.72. The molecule has 6 nitrogen and oxygen atoms in total. The van der Waals surface area contributed by atoms with Gasteiger partial charge in [-0.25, -0.2) is 4.99 Å². The van der Waals surface area contributed by atoms with Crippen molar-refractivity contribution in [3.05, 3.63) is 83.4 Å². The van der Waals surface area contributed by atoms with Crippen molar-refractivity contribution in [2.75, 3.05) is 31.1 Å². The molecule has 0 fully saturated rings. The number of amides is 1. The lowest BCUT2D eigenvalue weighted by atomic mass is 10.1. The molecule has 0 radical (unpaired) electrons. The summed E-state index contributed by atoms with van der Waals surface area (Å²) < 4.78 is 45.6. The monoisotopic (exact) mass is 520 g/mol. The van der Waals surface area contributed by atoms with Gasteiger partial charge in [-0.1, -0.05) is 26.0 Å². The van der Waals surface area contributed by atoms with Gasteiger partial charge in [0.2, 0.25) is 0 Å². The van der Waals surface area contributed by atoms with E-state index in [0.717, 1.165) is 38.2 Å². The highest BCUT2D eigenvalue weighted by molar-refractivity contribution is 6.56. The number of nitrogens with zero attached hydrogens (tertiary/aromatic N) is 4. The van der Waals surface area contributed by atoms with E-state index in [1.807, 2.05) is 0 Å². The zero-order chi connectivity index (χ0) is 27.3. The average molecular weight is 521 g/mol. The van der Waals surface area contributed by atoms with Crippen LogP contribution in [0, 0.1) is 11.3 Å². The van der Waals surface area contributed by atoms with Crippen LogP contribution < -0.4 is 9.64 Å². The van der Waals surface area contributed by atoms with Crippen LogP contribution in [0.4, 0.5) is 30.2 Å². The largest absolute Gasteiger partial charge is 0.493 e. The van der Waals surface area contributed by atoms with Gasteiger partial charge in [-0.3, -0.25) is 9.69 Å². The molecular weight excluding hydrogens is 493 g/mol. The van der Waals surface area contributed by atoms with E-state index < -0.39 is 17.6 Å². The summed E-state index contributed by atoms with van der Waals surface area (Å²) in [4.78, 5) is 21.6. The van der Waals surface area contributed by atoms with Crippen LogP contribution in [0.25, 0.3) is 0 Å². The minimum atomic E-state index is -4.53. The first-order valence-corrected chi connectivity index (χ1v) is 12.3. The Morgan fingerprint density at radius 2 is 1.79 bits per heavy atom. The van der Waals surface area contributed by atoms with E-state index >= 15 is 0 Å². The molecule has 1 aliphatic heterocycles. The number of carbonyl (C=O) groups is 1. The second-order valence-corrected chi connectivity index (χ2v) is 8.72. The smallest absolute Gasteiger partial charge is 0.416 e. The molecule has 196 valence electrons. The number of ether oxygens (including phenoxy) is 1. The number of alkyl halides is 3. The number of rotatable bonds is 9. The third-order valence-corrected chi connectivity index (χ3v) is 6.30. The van der Waals surface area contributed by atoms with E-state index in [-0.39, 0.29) is 11.4 Å². The molecule has 38 heavy (non-hydrogen) atoms. The number of anilines is 2. The number of hydrogen-bond donors (Lipinski definition) is 0. The molecule has 0 saturated carbocycles. The number of carbonyl (C=O) groups excluding carboxylic acids is 1. The molecule has 4 rings (SSSR count). The van der Waals surface area contributed by atoms with Gasteiger partial charge in [0.1, 0.15) is 11.5 Å². The van der Waals surface area contributed by atoms with Crippen molar-refractivity contribution in [3.8, 4) is 11.8 Å². The summed E-state index contributed by atoms with van der Waals surface area (Å²) in [6.45, 7) is 7.58. The SMILES string of the molecule is CCN(CC)CCCOc1cccc(N2C(=O)C(=Nc3cccc(C(F)(F)F)c3)c3ccc(C#N)cc32)c1. The third kappa shape index (κ3) is 5.87. The van der Waals surface area contributed by atoms with Gasteiger partial charge >= 0.3 is 6.18 Å². The molecular formula is C29H27F3N4O2. The first-order chi connectivity index (χ1) is 18.2. The zero-order valence-corrected chi connectivity index (χ0v) is 21.1. The van der Waals surface area contributed by atoms with Gasteiger partial charge in [0, 0.05) is 18.2 Å². The number of benzene rings is 3. The number of aliphatic imine (C=N–C) groups is 1. The van der Waals surface area contributed by atoms with E-state index in [2.05, 4.69) is 29.8 Å². The maximum atomic E-state index is 13.6.